The molecule has 1 aliphatic rings. The predicted octanol–water partition coefficient (Wildman–Crippen LogP) is 3.83. The quantitative estimate of drug-likeness (QED) is 0.588. The SMILES string of the molecule is Cc1ccc(OCCCC(=O)N2CCN(C(=O)COc3c(C)ccc(C)c3C)CC2)cc1. The lowest BCUT2D eigenvalue weighted by molar-refractivity contribution is -0.140. The summed E-state index contributed by atoms with van der Waals surface area (Å²) >= 11 is 0. The number of piperazine rings is 1. The number of carbonyl (C=O) groups excluding carboxylic acids is 2. The zero-order valence-electron chi connectivity index (χ0n) is 19.6. The first-order valence-electron chi connectivity index (χ1n) is 11.3. The fourth-order valence-corrected chi connectivity index (χ4v) is 3.78. The summed E-state index contributed by atoms with van der Waals surface area (Å²) in [6, 6.07) is 12.0. The molecule has 0 atom stereocenters. The van der Waals surface area contributed by atoms with Crippen molar-refractivity contribution in [3.63, 3.8) is 0 Å². The van der Waals surface area contributed by atoms with Crippen LogP contribution in [-0.2, 0) is 9.59 Å². The molecule has 0 bridgehead atoms. The summed E-state index contributed by atoms with van der Waals surface area (Å²) < 4.78 is 11.6. The normalized spacial score (nSPS) is 13.8. The molecule has 1 saturated heterocycles. The molecule has 2 aromatic rings. The molecule has 0 N–H and O–H groups in total. The number of aryl methyl sites for hydroxylation is 3. The monoisotopic (exact) mass is 438 g/mol. The zero-order valence-corrected chi connectivity index (χ0v) is 19.6. The minimum Gasteiger partial charge on any atom is -0.494 e. The Labute approximate surface area is 191 Å². The van der Waals surface area contributed by atoms with Crippen LogP contribution in [0.25, 0.3) is 0 Å². The Morgan fingerprint density at radius 2 is 1.38 bits per heavy atom. The molecule has 0 saturated carbocycles. The predicted molar refractivity (Wildman–Crippen MR) is 125 cm³/mol. The summed E-state index contributed by atoms with van der Waals surface area (Å²) in [4.78, 5) is 28.7. The molecule has 0 spiro atoms. The summed E-state index contributed by atoms with van der Waals surface area (Å²) in [6.07, 6.45) is 1.13. The molecule has 32 heavy (non-hydrogen) atoms. The third-order valence-corrected chi connectivity index (χ3v) is 6.02. The van der Waals surface area contributed by atoms with Crippen molar-refractivity contribution in [2.24, 2.45) is 0 Å². The molecule has 1 heterocycles. The highest BCUT2D eigenvalue weighted by molar-refractivity contribution is 5.79. The Hall–Kier alpha value is -3.02. The van der Waals surface area contributed by atoms with Gasteiger partial charge in [-0.3, -0.25) is 9.59 Å². The topological polar surface area (TPSA) is 59.1 Å². The number of benzene rings is 2. The second kappa shape index (κ2) is 11.0. The molecular formula is C26H34N2O4. The van der Waals surface area contributed by atoms with E-state index in [9.17, 15) is 9.59 Å². The van der Waals surface area contributed by atoms with Gasteiger partial charge in [0.05, 0.1) is 6.61 Å². The molecule has 1 aliphatic heterocycles. The minimum atomic E-state index is -0.0381. The Morgan fingerprint density at radius 1 is 0.781 bits per heavy atom. The standard InChI is InChI=1S/C26H34N2O4/c1-19-7-11-23(12-8-19)31-17-5-6-24(29)27-13-15-28(16-14-27)25(30)18-32-26-21(3)10-9-20(2)22(26)4/h7-12H,5-6,13-18H2,1-4H3. The van der Waals surface area contributed by atoms with E-state index in [0.717, 1.165) is 28.2 Å². The molecule has 0 aliphatic carbocycles. The minimum absolute atomic E-state index is 0.0232. The van der Waals surface area contributed by atoms with Gasteiger partial charge >= 0.3 is 0 Å². The average molecular weight is 439 g/mol. The van der Waals surface area contributed by atoms with Crippen molar-refractivity contribution >= 4 is 11.8 Å². The Morgan fingerprint density at radius 3 is 2.03 bits per heavy atom. The average Bonchev–Trinajstić information content (AvgIpc) is 2.80. The molecule has 0 radical (unpaired) electrons. The Kier molecular flexibility index (Phi) is 8.14. The number of hydrogen-bond donors (Lipinski definition) is 0. The molecule has 2 amide bonds. The van der Waals surface area contributed by atoms with Gasteiger partial charge in [-0.05, 0) is 62.9 Å². The van der Waals surface area contributed by atoms with E-state index in [0.29, 0.717) is 45.6 Å². The van der Waals surface area contributed by atoms with Crippen LogP contribution in [0.5, 0.6) is 11.5 Å². The fourth-order valence-electron chi connectivity index (χ4n) is 3.78. The lowest BCUT2D eigenvalue weighted by atomic mass is 10.1. The summed E-state index contributed by atoms with van der Waals surface area (Å²) in [6.45, 7) is 10.8. The molecule has 1 fully saturated rings. The van der Waals surface area contributed by atoms with Gasteiger partial charge < -0.3 is 19.3 Å². The lowest BCUT2D eigenvalue weighted by Crippen LogP contribution is -2.51. The number of hydrogen-bond acceptors (Lipinski definition) is 4. The highest BCUT2D eigenvalue weighted by atomic mass is 16.5. The molecule has 6 heteroatoms. The summed E-state index contributed by atoms with van der Waals surface area (Å²) in [7, 11) is 0. The van der Waals surface area contributed by atoms with E-state index < -0.39 is 0 Å². The van der Waals surface area contributed by atoms with Crippen LogP contribution in [0.1, 0.15) is 35.1 Å². The van der Waals surface area contributed by atoms with Crippen molar-refractivity contribution in [2.75, 3.05) is 39.4 Å². The first kappa shape index (κ1) is 23.6. The van der Waals surface area contributed by atoms with E-state index in [1.807, 2.05) is 62.9 Å². The zero-order chi connectivity index (χ0) is 23.1. The van der Waals surface area contributed by atoms with Gasteiger partial charge in [-0.1, -0.05) is 29.8 Å². The molecule has 0 unspecified atom stereocenters. The van der Waals surface area contributed by atoms with Crippen LogP contribution in [-0.4, -0.2) is 61.0 Å². The van der Waals surface area contributed by atoms with Gasteiger partial charge in [-0.2, -0.15) is 0 Å². The molecular weight excluding hydrogens is 404 g/mol. The van der Waals surface area contributed by atoms with Crippen LogP contribution in [0.3, 0.4) is 0 Å². The first-order valence-corrected chi connectivity index (χ1v) is 11.3. The van der Waals surface area contributed by atoms with Crippen molar-refractivity contribution in [1.82, 2.24) is 9.80 Å². The van der Waals surface area contributed by atoms with Crippen molar-refractivity contribution < 1.29 is 19.1 Å². The van der Waals surface area contributed by atoms with Gasteiger partial charge in [-0.15, -0.1) is 0 Å². The van der Waals surface area contributed by atoms with Crippen LogP contribution in [0.2, 0.25) is 0 Å². The van der Waals surface area contributed by atoms with Gasteiger partial charge in [0.25, 0.3) is 5.91 Å². The maximum Gasteiger partial charge on any atom is 0.260 e. The Bertz CT molecular complexity index is 932. The van der Waals surface area contributed by atoms with Gasteiger partial charge in [0.2, 0.25) is 5.91 Å². The number of nitrogens with zero attached hydrogens (tertiary/aromatic N) is 2. The number of ether oxygens (including phenoxy) is 2. The maximum atomic E-state index is 12.6. The second-order valence-electron chi connectivity index (χ2n) is 8.47. The highest BCUT2D eigenvalue weighted by Crippen LogP contribution is 2.25. The number of rotatable bonds is 8. The van der Waals surface area contributed by atoms with Crippen LogP contribution in [0, 0.1) is 27.7 Å². The highest BCUT2D eigenvalue weighted by Gasteiger charge is 2.24. The fraction of sp³-hybridized carbons (Fsp3) is 0.462. The van der Waals surface area contributed by atoms with Crippen LogP contribution in [0.4, 0.5) is 0 Å². The smallest absolute Gasteiger partial charge is 0.260 e. The van der Waals surface area contributed by atoms with Crippen LogP contribution < -0.4 is 9.47 Å². The van der Waals surface area contributed by atoms with E-state index >= 15 is 0 Å². The van der Waals surface area contributed by atoms with E-state index in [4.69, 9.17) is 9.47 Å². The third kappa shape index (κ3) is 6.25. The van der Waals surface area contributed by atoms with Crippen molar-refractivity contribution in [1.29, 1.82) is 0 Å². The molecule has 2 aromatic carbocycles. The molecule has 3 rings (SSSR count). The van der Waals surface area contributed by atoms with E-state index in [1.54, 1.807) is 4.90 Å². The summed E-state index contributed by atoms with van der Waals surface area (Å²) in [5.41, 5.74) is 4.44. The van der Waals surface area contributed by atoms with Crippen molar-refractivity contribution in [3.8, 4) is 11.5 Å². The van der Waals surface area contributed by atoms with Crippen LogP contribution >= 0.6 is 0 Å². The third-order valence-electron chi connectivity index (χ3n) is 6.02. The van der Waals surface area contributed by atoms with Crippen molar-refractivity contribution in [2.45, 2.75) is 40.5 Å². The van der Waals surface area contributed by atoms with E-state index in [2.05, 4.69) is 6.07 Å². The van der Waals surface area contributed by atoms with Gasteiger partial charge in [0.15, 0.2) is 6.61 Å². The second-order valence-corrected chi connectivity index (χ2v) is 8.47. The van der Waals surface area contributed by atoms with Crippen molar-refractivity contribution in [3.05, 3.63) is 58.7 Å². The van der Waals surface area contributed by atoms with Gasteiger partial charge in [0.1, 0.15) is 11.5 Å². The van der Waals surface area contributed by atoms with E-state index in [1.165, 1.54) is 5.56 Å². The largest absolute Gasteiger partial charge is 0.494 e. The number of amides is 2. The molecule has 6 nitrogen and oxygen atoms in total. The maximum absolute atomic E-state index is 12.6. The van der Waals surface area contributed by atoms with Gasteiger partial charge in [0, 0.05) is 32.6 Å². The van der Waals surface area contributed by atoms with Gasteiger partial charge in [-0.25, -0.2) is 0 Å². The molecule has 172 valence electrons. The van der Waals surface area contributed by atoms with Crippen LogP contribution in [0.15, 0.2) is 36.4 Å². The Balaban J connectivity index is 1.36. The summed E-state index contributed by atoms with van der Waals surface area (Å²) in [5, 5.41) is 0. The lowest BCUT2D eigenvalue weighted by Gasteiger charge is -2.34. The number of carbonyl (C=O) groups is 2. The van der Waals surface area contributed by atoms with E-state index in [-0.39, 0.29) is 18.4 Å². The summed E-state index contributed by atoms with van der Waals surface area (Å²) in [5.74, 6) is 1.70. The molecule has 0 aromatic heterocycles. The first-order chi connectivity index (χ1) is 15.3.